The molecule has 1 aliphatic rings. The highest BCUT2D eigenvalue weighted by molar-refractivity contribution is 7.15. The van der Waals surface area contributed by atoms with Crippen molar-refractivity contribution < 1.29 is 0 Å². The van der Waals surface area contributed by atoms with Gasteiger partial charge >= 0.3 is 0 Å². The maximum absolute atomic E-state index is 6.15. The Morgan fingerprint density at radius 3 is 2.88 bits per heavy atom. The fourth-order valence-corrected chi connectivity index (χ4v) is 3.27. The molecule has 90 valence electrons. The minimum absolute atomic E-state index is 0.529. The molecule has 2 atom stereocenters. The molecule has 0 amide bonds. The Kier molecular flexibility index (Phi) is 4.14. The summed E-state index contributed by atoms with van der Waals surface area (Å²) < 4.78 is 0.701. The Labute approximate surface area is 111 Å². The molecule has 1 saturated heterocycles. The number of nitrogens with zero attached hydrogens (tertiary/aromatic N) is 1. The van der Waals surface area contributed by atoms with E-state index in [1.807, 2.05) is 0 Å². The van der Waals surface area contributed by atoms with E-state index in [1.165, 1.54) is 11.3 Å². The molecule has 16 heavy (non-hydrogen) atoms. The summed E-state index contributed by atoms with van der Waals surface area (Å²) in [6.07, 6.45) is 0. The number of piperazine rings is 1. The van der Waals surface area contributed by atoms with Crippen LogP contribution in [0.3, 0.4) is 0 Å². The molecule has 1 N–H and O–H groups in total. The molecule has 0 saturated carbocycles. The van der Waals surface area contributed by atoms with E-state index in [1.54, 1.807) is 0 Å². The van der Waals surface area contributed by atoms with E-state index in [-0.39, 0.29) is 0 Å². The van der Waals surface area contributed by atoms with E-state index in [0.29, 0.717) is 16.4 Å². The smallest absolute Gasteiger partial charge is 0.112 e. The highest BCUT2D eigenvalue weighted by Gasteiger charge is 2.25. The van der Waals surface area contributed by atoms with Crippen LogP contribution < -0.4 is 5.32 Å². The SMILES string of the molecule is CC1NCCN(Cc2csc(Cl)c2Cl)C1C. The third-order valence-corrected chi connectivity index (χ3v) is 5.21. The monoisotopic (exact) mass is 278 g/mol. The summed E-state index contributed by atoms with van der Waals surface area (Å²) in [4.78, 5) is 2.45. The number of hydrogen-bond donors (Lipinski definition) is 1. The quantitative estimate of drug-likeness (QED) is 0.894. The molecule has 0 spiro atoms. The summed E-state index contributed by atoms with van der Waals surface area (Å²) in [6, 6.07) is 1.06. The number of nitrogens with one attached hydrogen (secondary N) is 1. The van der Waals surface area contributed by atoms with Gasteiger partial charge in [-0.05, 0) is 24.8 Å². The van der Waals surface area contributed by atoms with E-state index in [2.05, 4.69) is 29.4 Å². The Hall–Kier alpha value is 0.200. The van der Waals surface area contributed by atoms with E-state index < -0.39 is 0 Å². The minimum atomic E-state index is 0.529. The van der Waals surface area contributed by atoms with Crippen molar-refractivity contribution in [3.8, 4) is 0 Å². The van der Waals surface area contributed by atoms with Crippen molar-refractivity contribution in [2.24, 2.45) is 0 Å². The average Bonchev–Trinajstić information content (AvgIpc) is 2.57. The van der Waals surface area contributed by atoms with Gasteiger partial charge in [0.2, 0.25) is 0 Å². The molecule has 5 heteroatoms. The van der Waals surface area contributed by atoms with Gasteiger partial charge in [-0.25, -0.2) is 0 Å². The van der Waals surface area contributed by atoms with Crippen molar-refractivity contribution >= 4 is 34.5 Å². The van der Waals surface area contributed by atoms with E-state index >= 15 is 0 Å². The molecule has 1 fully saturated rings. The van der Waals surface area contributed by atoms with Gasteiger partial charge in [-0.2, -0.15) is 0 Å². The van der Waals surface area contributed by atoms with Gasteiger partial charge in [0.1, 0.15) is 4.34 Å². The Morgan fingerprint density at radius 1 is 1.50 bits per heavy atom. The molecule has 1 aromatic rings. The van der Waals surface area contributed by atoms with Crippen LogP contribution in [0.15, 0.2) is 5.38 Å². The largest absolute Gasteiger partial charge is 0.311 e. The molecule has 0 aromatic carbocycles. The molecule has 1 aromatic heterocycles. The van der Waals surface area contributed by atoms with Crippen LogP contribution >= 0.6 is 34.5 Å². The van der Waals surface area contributed by atoms with Crippen molar-refractivity contribution in [2.75, 3.05) is 13.1 Å². The summed E-state index contributed by atoms with van der Waals surface area (Å²) in [5.41, 5.74) is 1.15. The third kappa shape index (κ3) is 2.54. The standard InChI is InChI=1S/C11H16Cl2N2S/c1-7-8(2)15(4-3-14-7)5-9-6-16-11(13)10(9)12/h6-8,14H,3-5H2,1-2H3. The first-order valence-corrected chi connectivity index (χ1v) is 7.12. The van der Waals surface area contributed by atoms with Crippen molar-refractivity contribution in [1.82, 2.24) is 10.2 Å². The lowest BCUT2D eigenvalue weighted by molar-refractivity contribution is 0.131. The topological polar surface area (TPSA) is 15.3 Å². The van der Waals surface area contributed by atoms with Crippen LogP contribution in [0, 0.1) is 0 Å². The van der Waals surface area contributed by atoms with E-state index in [0.717, 1.165) is 30.2 Å². The Morgan fingerprint density at radius 2 is 2.25 bits per heavy atom. The van der Waals surface area contributed by atoms with Crippen LogP contribution in [0.5, 0.6) is 0 Å². The maximum Gasteiger partial charge on any atom is 0.112 e. The molecule has 2 unspecified atom stereocenters. The number of halogens is 2. The van der Waals surface area contributed by atoms with Gasteiger partial charge < -0.3 is 5.32 Å². The molecule has 2 heterocycles. The van der Waals surface area contributed by atoms with Gasteiger partial charge in [0.15, 0.2) is 0 Å². The van der Waals surface area contributed by atoms with Crippen LogP contribution in [0.4, 0.5) is 0 Å². The summed E-state index contributed by atoms with van der Waals surface area (Å²) in [7, 11) is 0. The fraction of sp³-hybridized carbons (Fsp3) is 0.636. The van der Waals surface area contributed by atoms with Crippen LogP contribution in [-0.2, 0) is 6.54 Å². The molecule has 1 aliphatic heterocycles. The predicted octanol–water partition coefficient (Wildman–Crippen LogP) is 3.24. The third-order valence-electron chi connectivity index (χ3n) is 3.30. The van der Waals surface area contributed by atoms with Crippen molar-refractivity contribution in [1.29, 1.82) is 0 Å². The normalized spacial score (nSPS) is 27.2. The first kappa shape index (κ1) is 12.7. The molecule has 0 radical (unpaired) electrons. The number of hydrogen-bond acceptors (Lipinski definition) is 3. The first-order chi connectivity index (χ1) is 7.59. The highest BCUT2D eigenvalue weighted by Crippen LogP contribution is 2.33. The molecular formula is C11H16Cl2N2S. The maximum atomic E-state index is 6.15. The van der Waals surface area contributed by atoms with Crippen molar-refractivity contribution in [3.63, 3.8) is 0 Å². The van der Waals surface area contributed by atoms with Crippen molar-refractivity contribution in [2.45, 2.75) is 32.5 Å². The lowest BCUT2D eigenvalue weighted by Crippen LogP contribution is -2.54. The van der Waals surface area contributed by atoms with Crippen molar-refractivity contribution in [3.05, 3.63) is 20.3 Å². The predicted molar refractivity (Wildman–Crippen MR) is 71.7 cm³/mol. The zero-order valence-corrected chi connectivity index (χ0v) is 11.8. The Bertz CT molecular complexity index is 367. The van der Waals surface area contributed by atoms with Gasteiger partial charge in [-0.3, -0.25) is 4.90 Å². The zero-order chi connectivity index (χ0) is 11.7. The Balaban J connectivity index is 2.06. The highest BCUT2D eigenvalue weighted by atomic mass is 35.5. The molecule has 0 aliphatic carbocycles. The lowest BCUT2D eigenvalue weighted by Gasteiger charge is -2.38. The second kappa shape index (κ2) is 5.23. The van der Waals surface area contributed by atoms with E-state index in [4.69, 9.17) is 23.2 Å². The first-order valence-electron chi connectivity index (χ1n) is 5.48. The summed E-state index contributed by atoms with van der Waals surface area (Å²) in [6.45, 7) is 7.48. The van der Waals surface area contributed by atoms with Crippen LogP contribution in [0.25, 0.3) is 0 Å². The van der Waals surface area contributed by atoms with Gasteiger partial charge in [-0.15, -0.1) is 11.3 Å². The lowest BCUT2D eigenvalue weighted by atomic mass is 10.1. The fourth-order valence-electron chi connectivity index (χ4n) is 2.03. The second-order valence-corrected chi connectivity index (χ2v) is 6.16. The van der Waals surface area contributed by atoms with E-state index in [9.17, 15) is 0 Å². The van der Waals surface area contributed by atoms with Gasteiger partial charge in [-0.1, -0.05) is 23.2 Å². The van der Waals surface area contributed by atoms with Gasteiger partial charge in [0.05, 0.1) is 5.02 Å². The molecule has 2 rings (SSSR count). The summed E-state index contributed by atoms with van der Waals surface area (Å²) in [5.74, 6) is 0. The minimum Gasteiger partial charge on any atom is -0.311 e. The average molecular weight is 279 g/mol. The number of thiophene rings is 1. The van der Waals surface area contributed by atoms with Crippen LogP contribution in [0.1, 0.15) is 19.4 Å². The molecule has 0 bridgehead atoms. The van der Waals surface area contributed by atoms with Gasteiger partial charge in [0.25, 0.3) is 0 Å². The van der Waals surface area contributed by atoms with Gasteiger partial charge in [0, 0.05) is 31.7 Å². The summed E-state index contributed by atoms with van der Waals surface area (Å²) in [5, 5.41) is 6.26. The van der Waals surface area contributed by atoms with Crippen LogP contribution in [0.2, 0.25) is 9.36 Å². The van der Waals surface area contributed by atoms with Crippen LogP contribution in [-0.4, -0.2) is 30.1 Å². The summed E-state index contributed by atoms with van der Waals surface area (Å²) >= 11 is 13.6. The second-order valence-electron chi connectivity index (χ2n) is 4.30. The molecule has 2 nitrogen and oxygen atoms in total. The zero-order valence-electron chi connectivity index (χ0n) is 9.46. The number of rotatable bonds is 2. The molecular weight excluding hydrogens is 263 g/mol.